The van der Waals surface area contributed by atoms with Crippen molar-refractivity contribution in [3.8, 4) is 28.4 Å². The van der Waals surface area contributed by atoms with Crippen molar-refractivity contribution in [1.82, 2.24) is 14.8 Å². The lowest BCUT2D eigenvalue weighted by atomic mass is 10.1. The summed E-state index contributed by atoms with van der Waals surface area (Å²) in [5, 5.41) is 5.81. The second-order valence-corrected chi connectivity index (χ2v) is 5.56. The van der Waals surface area contributed by atoms with Crippen molar-refractivity contribution in [2.45, 2.75) is 0 Å². The summed E-state index contributed by atoms with van der Waals surface area (Å²) in [6.07, 6.45) is 1.78. The van der Waals surface area contributed by atoms with E-state index in [4.69, 9.17) is 14.6 Å². The Balaban J connectivity index is 1.91. The van der Waals surface area contributed by atoms with Crippen LogP contribution in [0.4, 0.5) is 0 Å². The maximum absolute atomic E-state index is 5.33. The molecule has 0 bridgehead atoms. The van der Waals surface area contributed by atoms with E-state index < -0.39 is 0 Å². The van der Waals surface area contributed by atoms with Gasteiger partial charge in [0.05, 0.1) is 19.9 Å². The van der Waals surface area contributed by atoms with Gasteiger partial charge in [-0.15, -0.1) is 0 Å². The van der Waals surface area contributed by atoms with Crippen LogP contribution in [0.3, 0.4) is 0 Å². The van der Waals surface area contributed by atoms with Crippen LogP contribution in [0.25, 0.3) is 28.0 Å². The van der Waals surface area contributed by atoms with Crippen molar-refractivity contribution in [2.75, 3.05) is 14.2 Å². The lowest BCUT2D eigenvalue weighted by Gasteiger charge is -2.05. The third-order valence-corrected chi connectivity index (χ3v) is 4.10. The van der Waals surface area contributed by atoms with Gasteiger partial charge in [0, 0.05) is 23.2 Å². The summed E-state index contributed by atoms with van der Waals surface area (Å²) < 4.78 is 12.4. The van der Waals surface area contributed by atoms with E-state index in [0.717, 1.165) is 39.5 Å². The summed E-state index contributed by atoms with van der Waals surface area (Å²) >= 11 is 0. The fraction of sp³-hybridized carbons (Fsp3) is 0.100. The predicted molar refractivity (Wildman–Crippen MR) is 97.4 cm³/mol. The monoisotopic (exact) mass is 331 g/mol. The van der Waals surface area contributed by atoms with Crippen molar-refractivity contribution in [3.63, 3.8) is 0 Å². The van der Waals surface area contributed by atoms with Gasteiger partial charge in [0.25, 0.3) is 0 Å². The number of aromatic nitrogens is 3. The zero-order valence-electron chi connectivity index (χ0n) is 14.0. The van der Waals surface area contributed by atoms with Gasteiger partial charge in [0.2, 0.25) is 0 Å². The molecule has 0 aliphatic rings. The zero-order chi connectivity index (χ0) is 17.2. The third kappa shape index (κ3) is 2.70. The normalized spacial score (nSPS) is 10.8. The molecule has 25 heavy (non-hydrogen) atoms. The average molecular weight is 331 g/mol. The first-order valence-electron chi connectivity index (χ1n) is 7.93. The molecule has 5 nitrogen and oxygen atoms in total. The van der Waals surface area contributed by atoms with Gasteiger partial charge >= 0.3 is 0 Å². The molecule has 0 saturated heterocycles. The fourth-order valence-corrected chi connectivity index (χ4v) is 2.84. The molecule has 0 fully saturated rings. The van der Waals surface area contributed by atoms with Gasteiger partial charge in [-0.2, -0.15) is 5.10 Å². The van der Waals surface area contributed by atoms with Crippen LogP contribution in [0.5, 0.6) is 11.5 Å². The van der Waals surface area contributed by atoms with Crippen molar-refractivity contribution in [2.24, 2.45) is 0 Å². The highest BCUT2D eigenvalue weighted by molar-refractivity contribution is 5.92. The van der Waals surface area contributed by atoms with Gasteiger partial charge in [0.15, 0.2) is 5.65 Å². The minimum atomic E-state index is 0.781. The van der Waals surface area contributed by atoms with Crippen LogP contribution in [0.2, 0.25) is 0 Å². The quantitative estimate of drug-likeness (QED) is 0.565. The van der Waals surface area contributed by atoms with Gasteiger partial charge in [-0.1, -0.05) is 6.07 Å². The Bertz CT molecular complexity index is 1020. The van der Waals surface area contributed by atoms with E-state index in [-0.39, 0.29) is 0 Å². The van der Waals surface area contributed by atoms with Gasteiger partial charge in [0.1, 0.15) is 17.2 Å². The second kappa shape index (κ2) is 6.28. The van der Waals surface area contributed by atoms with Crippen LogP contribution < -0.4 is 9.47 Å². The minimum Gasteiger partial charge on any atom is -0.497 e. The number of nitrogens with zero attached hydrogens (tertiary/aromatic N) is 3. The number of benzene rings is 2. The second-order valence-electron chi connectivity index (χ2n) is 5.56. The van der Waals surface area contributed by atoms with Crippen molar-refractivity contribution >= 4 is 11.0 Å². The first-order valence-corrected chi connectivity index (χ1v) is 7.93. The lowest BCUT2D eigenvalue weighted by molar-refractivity contribution is 0.414. The summed E-state index contributed by atoms with van der Waals surface area (Å²) in [6.45, 7) is 0. The summed E-state index contributed by atoms with van der Waals surface area (Å²) in [7, 11) is 3.31. The predicted octanol–water partition coefficient (Wildman–Crippen LogP) is 4.10. The number of fused-ring (bicyclic) bond motifs is 1. The lowest BCUT2D eigenvalue weighted by Crippen LogP contribution is -1.98. The van der Waals surface area contributed by atoms with E-state index in [1.165, 1.54) is 0 Å². The Kier molecular flexibility index (Phi) is 3.82. The highest BCUT2D eigenvalue weighted by Crippen LogP contribution is 2.30. The molecule has 0 atom stereocenters. The highest BCUT2D eigenvalue weighted by atomic mass is 16.5. The van der Waals surface area contributed by atoms with E-state index >= 15 is 0 Å². The van der Waals surface area contributed by atoms with E-state index in [2.05, 4.69) is 4.98 Å². The van der Waals surface area contributed by atoms with E-state index in [9.17, 15) is 0 Å². The Hall–Kier alpha value is -3.34. The number of ether oxygens (including phenoxy) is 2. The maximum Gasteiger partial charge on any atom is 0.163 e. The van der Waals surface area contributed by atoms with E-state index in [1.807, 2.05) is 65.3 Å². The minimum absolute atomic E-state index is 0.781. The molecule has 4 rings (SSSR count). The zero-order valence-corrected chi connectivity index (χ0v) is 14.0. The summed E-state index contributed by atoms with van der Waals surface area (Å²) in [4.78, 5) is 4.53. The molecular weight excluding hydrogens is 314 g/mol. The van der Waals surface area contributed by atoms with E-state index in [1.54, 1.807) is 20.4 Å². The van der Waals surface area contributed by atoms with Crippen LogP contribution in [-0.2, 0) is 0 Å². The van der Waals surface area contributed by atoms with Crippen LogP contribution in [0, 0.1) is 0 Å². The molecule has 2 heterocycles. The Labute approximate surface area is 145 Å². The van der Waals surface area contributed by atoms with E-state index in [0.29, 0.717) is 0 Å². The molecule has 0 spiro atoms. The van der Waals surface area contributed by atoms with Gasteiger partial charge in [-0.05, 0) is 48.5 Å². The van der Waals surface area contributed by atoms with Crippen LogP contribution >= 0.6 is 0 Å². The largest absolute Gasteiger partial charge is 0.497 e. The molecule has 0 N–H and O–H groups in total. The number of pyridine rings is 1. The molecule has 4 aromatic rings. The summed E-state index contributed by atoms with van der Waals surface area (Å²) in [5.41, 5.74) is 3.61. The van der Waals surface area contributed by atoms with Crippen molar-refractivity contribution in [1.29, 1.82) is 0 Å². The Morgan fingerprint density at radius 2 is 1.64 bits per heavy atom. The molecule has 2 aromatic carbocycles. The molecule has 5 heteroatoms. The van der Waals surface area contributed by atoms with Gasteiger partial charge < -0.3 is 9.47 Å². The number of hydrogen-bond acceptors (Lipinski definition) is 4. The Morgan fingerprint density at radius 1 is 0.840 bits per heavy atom. The highest BCUT2D eigenvalue weighted by Gasteiger charge is 2.14. The standard InChI is InChI=1S/C20H17N3O2/c1-24-16-10-8-14(9-11-16)19-18-7-4-12-21-20(18)23(22-19)15-5-3-6-17(13-15)25-2/h3-13H,1-2H3. The molecule has 0 aliphatic heterocycles. The molecule has 0 saturated carbocycles. The summed E-state index contributed by atoms with van der Waals surface area (Å²) in [5.74, 6) is 1.60. The Morgan fingerprint density at radius 3 is 2.40 bits per heavy atom. The number of hydrogen-bond donors (Lipinski definition) is 0. The third-order valence-electron chi connectivity index (χ3n) is 4.10. The molecule has 0 radical (unpaired) electrons. The molecule has 0 unspecified atom stereocenters. The van der Waals surface area contributed by atoms with Crippen LogP contribution in [0.15, 0.2) is 66.9 Å². The number of methoxy groups -OCH3 is 2. The smallest absolute Gasteiger partial charge is 0.163 e. The molecule has 0 aliphatic carbocycles. The summed E-state index contributed by atoms with van der Waals surface area (Å²) in [6, 6.07) is 19.6. The number of rotatable bonds is 4. The molecule has 0 amide bonds. The molecular formula is C20H17N3O2. The van der Waals surface area contributed by atoms with Crippen molar-refractivity contribution in [3.05, 3.63) is 66.9 Å². The molecule has 124 valence electrons. The SMILES string of the molecule is COc1ccc(-c2nn(-c3cccc(OC)c3)c3ncccc23)cc1. The first kappa shape index (κ1) is 15.2. The van der Waals surface area contributed by atoms with Crippen molar-refractivity contribution < 1.29 is 9.47 Å². The average Bonchev–Trinajstić information content (AvgIpc) is 3.08. The fourth-order valence-electron chi connectivity index (χ4n) is 2.84. The van der Waals surface area contributed by atoms with Gasteiger partial charge in [-0.25, -0.2) is 9.67 Å². The van der Waals surface area contributed by atoms with Crippen LogP contribution in [0.1, 0.15) is 0 Å². The molecule has 2 aromatic heterocycles. The topological polar surface area (TPSA) is 49.2 Å². The van der Waals surface area contributed by atoms with Crippen LogP contribution in [-0.4, -0.2) is 29.0 Å². The first-order chi connectivity index (χ1) is 12.3. The van der Waals surface area contributed by atoms with Gasteiger partial charge in [-0.3, -0.25) is 0 Å². The maximum atomic E-state index is 5.33.